The van der Waals surface area contributed by atoms with Crippen LogP contribution in [-0.2, 0) is 0 Å². The van der Waals surface area contributed by atoms with Gasteiger partial charge in [0, 0.05) is 54.7 Å². The summed E-state index contributed by atoms with van der Waals surface area (Å²) in [6.07, 6.45) is 10.8. The highest BCUT2D eigenvalue weighted by Crippen LogP contribution is 2.26. The second kappa shape index (κ2) is 7.88. The fourth-order valence-electron chi connectivity index (χ4n) is 3.25. The Bertz CT molecular complexity index is 979. The van der Waals surface area contributed by atoms with Gasteiger partial charge >= 0.3 is 0 Å². The van der Waals surface area contributed by atoms with E-state index in [0.717, 1.165) is 35.3 Å². The normalized spacial score (nSPS) is 13.7. The number of hydrogen-bond acceptors (Lipinski definition) is 5. The van der Waals surface area contributed by atoms with Crippen LogP contribution in [0.4, 0.5) is 11.6 Å². The minimum atomic E-state index is 0.248. The number of pyridine rings is 1. The van der Waals surface area contributed by atoms with Crippen LogP contribution in [0.2, 0.25) is 0 Å². The number of nitrogens with zero attached hydrogens (tertiary/aromatic N) is 4. The number of rotatable bonds is 2. The number of hydrogen-bond donors (Lipinski definition) is 1. The van der Waals surface area contributed by atoms with Crippen molar-refractivity contribution >= 4 is 11.6 Å². The number of aromatic nitrogens is 3. The Kier molecular flexibility index (Phi) is 4.97. The average molecular weight is 355 g/mol. The van der Waals surface area contributed by atoms with Gasteiger partial charge in [0.25, 0.3) is 0 Å². The maximum Gasteiger partial charge on any atom is 0.219 e. The van der Waals surface area contributed by atoms with Crippen molar-refractivity contribution in [3.63, 3.8) is 0 Å². The largest absolute Gasteiger partial charge is 0.372 e. The Morgan fingerprint density at radius 1 is 0.815 bits per heavy atom. The van der Waals surface area contributed by atoms with Gasteiger partial charge in [0.05, 0.1) is 5.56 Å². The molecule has 0 atom stereocenters. The van der Waals surface area contributed by atoms with Crippen LogP contribution in [0.25, 0.3) is 11.1 Å². The minimum Gasteiger partial charge on any atom is -0.372 e. The molecule has 2 aromatic heterocycles. The summed E-state index contributed by atoms with van der Waals surface area (Å²) in [5, 5.41) is 0. The average Bonchev–Trinajstić information content (AvgIpc) is 2.74. The maximum absolute atomic E-state index is 5.50. The van der Waals surface area contributed by atoms with Gasteiger partial charge in [-0.3, -0.25) is 4.98 Å². The first-order valence-electron chi connectivity index (χ1n) is 9.18. The highest BCUT2D eigenvalue weighted by atomic mass is 15.1. The first kappa shape index (κ1) is 17.0. The van der Waals surface area contributed by atoms with Crippen molar-refractivity contribution in [3.8, 4) is 23.0 Å². The van der Waals surface area contributed by atoms with Crippen molar-refractivity contribution in [1.29, 1.82) is 0 Å². The third-order valence-corrected chi connectivity index (χ3v) is 4.66. The van der Waals surface area contributed by atoms with Gasteiger partial charge in [0.2, 0.25) is 5.95 Å². The van der Waals surface area contributed by atoms with E-state index in [1.165, 1.54) is 24.9 Å². The van der Waals surface area contributed by atoms with Crippen LogP contribution >= 0.6 is 0 Å². The lowest BCUT2D eigenvalue weighted by atomic mass is 10.0. The molecule has 5 nitrogen and oxygen atoms in total. The molecule has 1 aliphatic heterocycles. The molecule has 0 aliphatic carbocycles. The fourth-order valence-corrected chi connectivity index (χ4v) is 3.25. The van der Waals surface area contributed by atoms with Crippen molar-refractivity contribution in [1.82, 2.24) is 15.0 Å². The lowest BCUT2D eigenvalue weighted by molar-refractivity contribution is 0.578. The lowest BCUT2D eigenvalue weighted by Gasteiger charge is -2.29. The van der Waals surface area contributed by atoms with Crippen molar-refractivity contribution in [2.24, 2.45) is 0 Å². The van der Waals surface area contributed by atoms with Crippen molar-refractivity contribution in [2.45, 2.75) is 19.3 Å². The summed E-state index contributed by atoms with van der Waals surface area (Å²) >= 11 is 0. The summed E-state index contributed by atoms with van der Waals surface area (Å²) in [5.41, 5.74) is 10.6. The van der Waals surface area contributed by atoms with Gasteiger partial charge in [-0.1, -0.05) is 24.0 Å². The van der Waals surface area contributed by atoms with E-state index < -0.39 is 0 Å². The van der Waals surface area contributed by atoms with Crippen LogP contribution in [0, 0.1) is 11.8 Å². The second-order valence-electron chi connectivity index (χ2n) is 6.64. The summed E-state index contributed by atoms with van der Waals surface area (Å²) in [4.78, 5) is 14.7. The Morgan fingerprint density at radius 2 is 1.59 bits per heavy atom. The van der Waals surface area contributed by atoms with Crippen LogP contribution in [0.15, 0.2) is 55.1 Å². The third kappa shape index (κ3) is 4.24. The Labute approximate surface area is 159 Å². The van der Waals surface area contributed by atoms with Crippen LogP contribution in [-0.4, -0.2) is 28.0 Å². The van der Waals surface area contributed by atoms with Gasteiger partial charge in [-0.15, -0.1) is 0 Å². The SMILES string of the molecule is Nc1ncc(C#Cc2cncc(-c3cccc(N4CCCCC4)c3)c2)cn1. The topological polar surface area (TPSA) is 67.9 Å². The summed E-state index contributed by atoms with van der Waals surface area (Å²) in [7, 11) is 0. The molecule has 0 amide bonds. The van der Waals surface area contributed by atoms with E-state index in [4.69, 9.17) is 5.73 Å². The van der Waals surface area contributed by atoms with Gasteiger partial charge in [0.15, 0.2) is 0 Å². The molecule has 0 unspecified atom stereocenters. The number of nitrogens with two attached hydrogens (primary N) is 1. The molecule has 1 aliphatic rings. The third-order valence-electron chi connectivity index (χ3n) is 4.66. The lowest BCUT2D eigenvalue weighted by Crippen LogP contribution is -2.29. The zero-order valence-electron chi connectivity index (χ0n) is 15.1. The molecule has 4 rings (SSSR count). The first-order chi connectivity index (χ1) is 13.3. The second-order valence-corrected chi connectivity index (χ2v) is 6.64. The molecule has 3 heterocycles. The summed E-state index contributed by atoms with van der Waals surface area (Å²) in [6, 6.07) is 10.7. The van der Waals surface area contributed by atoms with E-state index in [1.54, 1.807) is 18.6 Å². The van der Waals surface area contributed by atoms with E-state index in [2.05, 4.69) is 62.0 Å². The molecule has 1 aromatic carbocycles. The van der Waals surface area contributed by atoms with Crippen LogP contribution in [0.5, 0.6) is 0 Å². The zero-order valence-corrected chi connectivity index (χ0v) is 15.1. The summed E-state index contributed by atoms with van der Waals surface area (Å²) < 4.78 is 0. The van der Waals surface area contributed by atoms with Gasteiger partial charge in [-0.25, -0.2) is 9.97 Å². The van der Waals surface area contributed by atoms with Gasteiger partial charge < -0.3 is 10.6 Å². The maximum atomic E-state index is 5.50. The number of piperidine rings is 1. The number of nitrogen functional groups attached to an aromatic ring is 1. The number of benzene rings is 1. The van der Waals surface area contributed by atoms with E-state index in [0.29, 0.717) is 0 Å². The predicted molar refractivity (Wildman–Crippen MR) is 108 cm³/mol. The quantitative estimate of drug-likeness (QED) is 0.713. The Morgan fingerprint density at radius 3 is 2.41 bits per heavy atom. The molecule has 5 heteroatoms. The van der Waals surface area contributed by atoms with E-state index >= 15 is 0 Å². The molecule has 1 fully saturated rings. The van der Waals surface area contributed by atoms with Gasteiger partial charge in [-0.05, 0) is 43.0 Å². The molecule has 0 bridgehead atoms. The van der Waals surface area contributed by atoms with Crippen molar-refractivity contribution < 1.29 is 0 Å². The van der Waals surface area contributed by atoms with Crippen LogP contribution < -0.4 is 10.6 Å². The smallest absolute Gasteiger partial charge is 0.219 e. The highest BCUT2D eigenvalue weighted by molar-refractivity contribution is 5.69. The van der Waals surface area contributed by atoms with Crippen LogP contribution in [0.3, 0.4) is 0 Å². The Balaban J connectivity index is 1.58. The number of anilines is 2. The molecular weight excluding hydrogens is 334 g/mol. The molecule has 0 spiro atoms. The molecule has 1 saturated heterocycles. The van der Waals surface area contributed by atoms with Crippen molar-refractivity contribution in [2.75, 3.05) is 23.7 Å². The minimum absolute atomic E-state index is 0.248. The first-order valence-corrected chi connectivity index (χ1v) is 9.18. The zero-order chi connectivity index (χ0) is 18.5. The molecule has 2 N–H and O–H groups in total. The molecular formula is C22H21N5. The van der Waals surface area contributed by atoms with E-state index in [9.17, 15) is 0 Å². The van der Waals surface area contributed by atoms with Gasteiger partial charge in [0.1, 0.15) is 0 Å². The summed E-state index contributed by atoms with van der Waals surface area (Å²) in [5.74, 6) is 6.42. The summed E-state index contributed by atoms with van der Waals surface area (Å²) in [6.45, 7) is 2.27. The van der Waals surface area contributed by atoms with E-state index in [-0.39, 0.29) is 5.95 Å². The monoisotopic (exact) mass is 355 g/mol. The van der Waals surface area contributed by atoms with E-state index in [1.807, 2.05) is 6.20 Å². The van der Waals surface area contributed by atoms with Gasteiger partial charge in [-0.2, -0.15) is 0 Å². The highest BCUT2D eigenvalue weighted by Gasteiger charge is 2.11. The fraction of sp³-hybridized carbons (Fsp3) is 0.227. The standard InChI is InChI=1S/C22H21N5/c23-22-25-14-18(15-26-22)8-7-17-11-20(16-24-13-17)19-5-4-6-21(12-19)27-9-2-1-3-10-27/h4-6,11-16H,1-3,9-10H2,(H2,23,25,26). The Hall–Kier alpha value is -3.39. The predicted octanol–water partition coefficient (Wildman–Crippen LogP) is 3.51. The molecule has 134 valence electrons. The molecule has 3 aromatic rings. The molecule has 0 saturated carbocycles. The van der Waals surface area contributed by atoms with Crippen LogP contribution in [0.1, 0.15) is 30.4 Å². The molecule has 27 heavy (non-hydrogen) atoms. The molecule has 0 radical (unpaired) electrons. The van der Waals surface area contributed by atoms with Crippen molar-refractivity contribution in [3.05, 3.63) is 66.2 Å².